The third-order valence-electron chi connectivity index (χ3n) is 4.34. The zero-order valence-corrected chi connectivity index (χ0v) is 14.9. The summed E-state index contributed by atoms with van der Waals surface area (Å²) in [5.74, 6) is 1.02. The molecule has 2 aliphatic rings. The van der Waals surface area contributed by atoms with E-state index in [0.29, 0.717) is 16.6 Å². The summed E-state index contributed by atoms with van der Waals surface area (Å²) >= 11 is 8.28. The average Bonchev–Trinajstić information content (AvgIpc) is 3.32. The van der Waals surface area contributed by atoms with Crippen LogP contribution in [-0.2, 0) is 0 Å². The summed E-state index contributed by atoms with van der Waals surface area (Å²) in [4.78, 5) is 14.4. The molecule has 1 amide bonds. The van der Waals surface area contributed by atoms with Crippen LogP contribution in [0.5, 0.6) is 0 Å². The van der Waals surface area contributed by atoms with Crippen molar-refractivity contribution in [2.24, 2.45) is 5.92 Å². The first kappa shape index (κ1) is 15.6. The molecule has 3 rings (SSSR count). The maximum absolute atomic E-state index is 12.5. The molecule has 1 saturated carbocycles. The number of rotatable bonds is 4. The molecule has 1 N–H and O–H groups in total. The third kappa shape index (κ3) is 4.11. The molecule has 1 aromatic rings. The minimum atomic E-state index is 0.106. The maximum Gasteiger partial charge on any atom is 0.253 e. The van der Waals surface area contributed by atoms with Crippen molar-refractivity contribution in [2.45, 2.75) is 31.7 Å². The van der Waals surface area contributed by atoms with Crippen molar-refractivity contribution in [1.82, 2.24) is 10.2 Å². The molecule has 0 radical (unpaired) electrons. The number of amides is 1. The Morgan fingerprint density at radius 2 is 2.00 bits per heavy atom. The van der Waals surface area contributed by atoms with E-state index in [1.54, 1.807) is 6.07 Å². The Hall–Kier alpha value is -0.330. The number of hydrogen-bond donors (Lipinski definition) is 1. The molecule has 1 aliphatic heterocycles. The van der Waals surface area contributed by atoms with Crippen LogP contribution < -0.4 is 5.32 Å². The van der Waals surface area contributed by atoms with Gasteiger partial charge in [-0.1, -0.05) is 11.6 Å². The van der Waals surface area contributed by atoms with E-state index >= 15 is 0 Å². The number of likely N-dealkylation sites (tertiary alicyclic amines) is 1. The Kier molecular flexibility index (Phi) is 5.07. The van der Waals surface area contributed by atoms with Crippen molar-refractivity contribution in [1.29, 1.82) is 0 Å². The van der Waals surface area contributed by atoms with Gasteiger partial charge < -0.3 is 10.2 Å². The molecule has 1 aliphatic carbocycles. The van der Waals surface area contributed by atoms with E-state index in [4.69, 9.17) is 11.6 Å². The second-order valence-electron chi connectivity index (χ2n) is 6.05. The van der Waals surface area contributed by atoms with Crippen LogP contribution in [0.3, 0.4) is 0 Å². The van der Waals surface area contributed by atoms with E-state index in [0.717, 1.165) is 42.0 Å². The van der Waals surface area contributed by atoms with Crippen molar-refractivity contribution in [3.8, 4) is 0 Å². The fourth-order valence-electron chi connectivity index (χ4n) is 2.75. The van der Waals surface area contributed by atoms with E-state index in [9.17, 15) is 4.79 Å². The number of benzene rings is 1. The van der Waals surface area contributed by atoms with Crippen molar-refractivity contribution < 1.29 is 4.79 Å². The highest BCUT2D eigenvalue weighted by molar-refractivity contribution is 14.1. The molecular weight excluding hydrogens is 399 g/mol. The van der Waals surface area contributed by atoms with Crippen LogP contribution in [0, 0.1) is 9.49 Å². The molecule has 3 nitrogen and oxygen atoms in total. The van der Waals surface area contributed by atoms with Crippen LogP contribution in [0.2, 0.25) is 5.02 Å². The van der Waals surface area contributed by atoms with E-state index in [-0.39, 0.29) is 5.91 Å². The van der Waals surface area contributed by atoms with Crippen LogP contribution in [0.15, 0.2) is 18.2 Å². The molecule has 1 saturated heterocycles. The van der Waals surface area contributed by atoms with Gasteiger partial charge in [-0.15, -0.1) is 0 Å². The van der Waals surface area contributed by atoms with Crippen molar-refractivity contribution in [3.05, 3.63) is 32.4 Å². The lowest BCUT2D eigenvalue weighted by atomic mass is 10.0. The highest BCUT2D eigenvalue weighted by Gasteiger charge is 2.26. The number of piperidine rings is 1. The molecule has 21 heavy (non-hydrogen) atoms. The zero-order valence-electron chi connectivity index (χ0n) is 11.9. The van der Waals surface area contributed by atoms with Gasteiger partial charge in [0, 0.05) is 28.3 Å². The second-order valence-corrected chi connectivity index (χ2v) is 7.62. The predicted octanol–water partition coefficient (Wildman–Crippen LogP) is 3.55. The van der Waals surface area contributed by atoms with Crippen LogP contribution >= 0.6 is 34.2 Å². The van der Waals surface area contributed by atoms with Gasteiger partial charge in [0.25, 0.3) is 5.91 Å². The molecule has 0 aromatic heterocycles. The van der Waals surface area contributed by atoms with Gasteiger partial charge in [-0.25, -0.2) is 0 Å². The summed E-state index contributed by atoms with van der Waals surface area (Å²) in [6, 6.07) is 6.13. The number of carbonyl (C=O) groups excluding carboxylic acids is 1. The molecule has 0 bridgehead atoms. The fourth-order valence-corrected chi connectivity index (χ4v) is 3.27. The Morgan fingerprint density at radius 1 is 1.29 bits per heavy atom. The van der Waals surface area contributed by atoms with Crippen molar-refractivity contribution >= 4 is 40.1 Å². The lowest BCUT2D eigenvalue weighted by Gasteiger charge is -2.32. The first-order valence-corrected chi connectivity index (χ1v) is 9.07. The first-order valence-electron chi connectivity index (χ1n) is 7.61. The van der Waals surface area contributed by atoms with E-state index < -0.39 is 0 Å². The van der Waals surface area contributed by atoms with Gasteiger partial charge >= 0.3 is 0 Å². The fraction of sp³-hybridized carbons (Fsp3) is 0.562. The smallest absolute Gasteiger partial charge is 0.253 e. The maximum atomic E-state index is 12.5. The van der Waals surface area contributed by atoms with Gasteiger partial charge in [0.2, 0.25) is 0 Å². The predicted molar refractivity (Wildman–Crippen MR) is 93.8 cm³/mol. The molecule has 0 unspecified atom stereocenters. The monoisotopic (exact) mass is 418 g/mol. The topological polar surface area (TPSA) is 32.3 Å². The summed E-state index contributed by atoms with van der Waals surface area (Å²) < 4.78 is 0.980. The number of halogens is 2. The average molecular weight is 419 g/mol. The van der Waals surface area contributed by atoms with E-state index in [2.05, 4.69) is 27.9 Å². The van der Waals surface area contributed by atoms with Crippen LogP contribution in [0.1, 0.15) is 36.0 Å². The summed E-state index contributed by atoms with van der Waals surface area (Å²) in [6.07, 6.45) is 4.88. The Balaban J connectivity index is 1.52. The molecular formula is C16H20ClIN2O. The minimum absolute atomic E-state index is 0.106. The molecule has 1 heterocycles. The standard InChI is InChI=1S/C16H20ClIN2O/c17-14-9-12(3-4-15(14)18)16(21)20-7-5-13(6-8-20)19-10-11-1-2-11/h3-4,9,11,13,19H,1-2,5-8,10H2. The van der Waals surface area contributed by atoms with Crippen LogP contribution in [0.25, 0.3) is 0 Å². The minimum Gasteiger partial charge on any atom is -0.339 e. The zero-order chi connectivity index (χ0) is 14.8. The lowest BCUT2D eigenvalue weighted by molar-refractivity contribution is 0.0705. The normalized spacial score (nSPS) is 19.8. The largest absolute Gasteiger partial charge is 0.339 e. The van der Waals surface area contributed by atoms with Crippen molar-refractivity contribution in [3.63, 3.8) is 0 Å². The number of hydrogen-bond acceptors (Lipinski definition) is 2. The third-order valence-corrected chi connectivity index (χ3v) is 5.91. The van der Waals surface area contributed by atoms with Gasteiger partial charge in [-0.3, -0.25) is 4.79 Å². The van der Waals surface area contributed by atoms with Crippen molar-refractivity contribution in [2.75, 3.05) is 19.6 Å². The van der Waals surface area contributed by atoms with Gasteiger partial charge in [-0.2, -0.15) is 0 Å². The summed E-state index contributed by atoms with van der Waals surface area (Å²) in [5, 5.41) is 4.29. The van der Waals surface area contributed by atoms with Gasteiger partial charge in [-0.05, 0) is 78.9 Å². The molecule has 2 fully saturated rings. The Bertz CT molecular complexity index is 525. The summed E-state index contributed by atoms with van der Waals surface area (Å²) in [5.41, 5.74) is 0.699. The highest BCUT2D eigenvalue weighted by Crippen LogP contribution is 2.28. The molecule has 0 atom stereocenters. The number of nitrogens with zero attached hydrogens (tertiary/aromatic N) is 1. The Labute approximate surface area is 144 Å². The van der Waals surface area contributed by atoms with Gasteiger partial charge in [0.05, 0.1) is 5.02 Å². The van der Waals surface area contributed by atoms with Crippen LogP contribution in [-0.4, -0.2) is 36.5 Å². The molecule has 114 valence electrons. The van der Waals surface area contributed by atoms with Crippen LogP contribution in [0.4, 0.5) is 0 Å². The number of nitrogens with one attached hydrogen (secondary N) is 1. The second kappa shape index (κ2) is 6.84. The number of carbonyl (C=O) groups is 1. The molecule has 0 spiro atoms. The Morgan fingerprint density at radius 3 is 2.62 bits per heavy atom. The quantitative estimate of drug-likeness (QED) is 0.759. The SMILES string of the molecule is O=C(c1ccc(I)c(Cl)c1)N1CCC(NCC2CC2)CC1. The van der Waals surface area contributed by atoms with E-state index in [1.807, 2.05) is 17.0 Å². The molecule has 5 heteroatoms. The summed E-state index contributed by atoms with van der Waals surface area (Å²) in [7, 11) is 0. The molecule has 1 aromatic carbocycles. The summed E-state index contributed by atoms with van der Waals surface area (Å²) in [6.45, 7) is 2.83. The van der Waals surface area contributed by atoms with Gasteiger partial charge in [0.1, 0.15) is 0 Å². The van der Waals surface area contributed by atoms with E-state index in [1.165, 1.54) is 12.8 Å². The highest BCUT2D eigenvalue weighted by atomic mass is 127. The first-order chi connectivity index (χ1) is 10.1. The van der Waals surface area contributed by atoms with Gasteiger partial charge in [0.15, 0.2) is 0 Å². The lowest BCUT2D eigenvalue weighted by Crippen LogP contribution is -2.45.